The Morgan fingerprint density at radius 3 is 2.95 bits per heavy atom. The second kappa shape index (κ2) is 6.68. The summed E-state index contributed by atoms with van der Waals surface area (Å²) in [5.74, 6) is 1.76. The molecule has 0 spiro atoms. The molecule has 1 heterocycles. The lowest BCUT2D eigenvalue weighted by molar-refractivity contribution is -0.119. The highest BCUT2D eigenvalue weighted by Crippen LogP contribution is 2.31. The number of aliphatic imine (C=N–C) groups is 1. The number of guanidine groups is 1. The minimum absolute atomic E-state index is 0.0659. The van der Waals surface area contributed by atoms with Gasteiger partial charge in [0.05, 0.1) is 12.6 Å². The third kappa shape index (κ3) is 3.90. The lowest BCUT2D eigenvalue weighted by atomic mass is 10.0. The molecule has 4 N–H and O–H groups in total. The standard InChI is InChI=1S/C16H22N4O2/c17-16(19-10-15(21)18-9-11-5-6-11)20-13-7-8-22-14-4-2-1-3-12(13)14/h1-4,11,13H,5-10H2,(H,18,21)(H3,17,19,20). The molecule has 6 nitrogen and oxygen atoms in total. The van der Waals surface area contributed by atoms with Gasteiger partial charge in [0.2, 0.25) is 5.91 Å². The SMILES string of the molecule is NC(=NCC(=O)NCC1CC1)NC1CCOc2ccccc21. The summed E-state index contributed by atoms with van der Waals surface area (Å²) in [6, 6.07) is 7.95. The van der Waals surface area contributed by atoms with Crippen molar-refractivity contribution in [2.45, 2.75) is 25.3 Å². The van der Waals surface area contributed by atoms with Crippen LogP contribution in [0.3, 0.4) is 0 Å². The fourth-order valence-electron chi connectivity index (χ4n) is 2.51. The van der Waals surface area contributed by atoms with Crippen molar-refractivity contribution in [3.63, 3.8) is 0 Å². The van der Waals surface area contributed by atoms with E-state index >= 15 is 0 Å². The Morgan fingerprint density at radius 2 is 2.14 bits per heavy atom. The highest BCUT2D eigenvalue weighted by molar-refractivity contribution is 5.84. The Morgan fingerprint density at radius 1 is 1.32 bits per heavy atom. The minimum atomic E-state index is -0.0796. The summed E-state index contributed by atoms with van der Waals surface area (Å²) in [4.78, 5) is 15.8. The van der Waals surface area contributed by atoms with Crippen molar-refractivity contribution in [1.29, 1.82) is 0 Å². The van der Waals surface area contributed by atoms with Gasteiger partial charge in [0.25, 0.3) is 0 Å². The molecule has 0 saturated heterocycles. The lowest BCUT2D eigenvalue weighted by Gasteiger charge is -2.26. The first-order valence-electron chi connectivity index (χ1n) is 7.77. The van der Waals surface area contributed by atoms with Gasteiger partial charge in [0.15, 0.2) is 5.96 Å². The van der Waals surface area contributed by atoms with Crippen LogP contribution >= 0.6 is 0 Å². The largest absolute Gasteiger partial charge is 0.493 e. The van der Waals surface area contributed by atoms with Gasteiger partial charge < -0.3 is 21.1 Å². The van der Waals surface area contributed by atoms with E-state index in [-0.39, 0.29) is 18.5 Å². The summed E-state index contributed by atoms with van der Waals surface area (Å²) < 4.78 is 5.61. The van der Waals surface area contributed by atoms with Crippen LogP contribution in [0.2, 0.25) is 0 Å². The van der Waals surface area contributed by atoms with Crippen LogP contribution in [0.1, 0.15) is 30.9 Å². The molecule has 3 rings (SSSR count). The number of nitrogens with zero attached hydrogens (tertiary/aromatic N) is 1. The van der Waals surface area contributed by atoms with Gasteiger partial charge in [-0.25, -0.2) is 4.99 Å². The molecule has 1 aromatic rings. The van der Waals surface area contributed by atoms with Crippen LogP contribution in [-0.2, 0) is 4.79 Å². The van der Waals surface area contributed by atoms with Crippen molar-refractivity contribution < 1.29 is 9.53 Å². The number of ether oxygens (including phenoxy) is 1. The van der Waals surface area contributed by atoms with Crippen molar-refractivity contribution in [1.82, 2.24) is 10.6 Å². The maximum Gasteiger partial charge on any atom is 0.241 e. The summed E-state index contributed by atoms with van der Waals surface area (Å²) in [6.45, 7) is 1.47. The van der Waals surface area contributed by atoms with Crippen LogP contribution in [0.4, 0.5) is 0 Å². The molecule has 1 atom stereocenters. The molecule has 2 aliphatic rings. The first kappa shape index (κ1) is 14.7. The molecule has 1 unspecified atom stereocenters. The molecule has 1 amide bonds. The van der Waals surface area contributed by atoms with Crippen molar-refractivity contribution in [2.75, 3.05) is 19.7 Å². The van der Waals surface area contributed by atoms with E-state index < -0.39 is 0 Å². The number of fused-ring (bicyclic) bond motifs is 1. The second-order valence-corrected chi connectivity index (χ2v) is 5.82. The first-order valence-corrected chi connectivity index (χ1v) is 7.77. The van der Waals surface area contributed by atoms with E-state index in [4.69, 9.17) is 10.5 Å². The lowest BCUT2D eigenvalue weighted by Crippen LogP contribution is -2.38. The monoisotopic (exact) mass is 302 g/mol. The number of hydrogen-bond donors (Lipinski definition) is 3. The molecule has 22 heavy (non-hydrogen) atoms. The Hall–Kier alpha value is -2.24. The van der Waals surface area contributed by atoms with Crippen LogP contribution < -0.4 is 21.1 Å². The molecular weight excluding hydrogens is 280 g/mol. The van der Waals surface area contributed by atoms with E-state index in [1.807, 2.05) is 24.3 Å². The number of rotatable bonds is 5. The first-order chi connectivity index (χ1) is 10.7. The highest BCUT2D eigenvalue weighted by atomic mass is 16.5. The molecule has 1 saturated carbocycles. The van der Waals surface area contributed by atoms with E-state index in [2.05, 4.69) is 15.6 Å². The smallest absolute Gasteiger partial charge is 0.241 e. The fourth-order valence-corrected chi connectivity index (χ4v) is 2.51. The predicted molar refractivity (Wildman–Crippen MR) is 84.7 cm³/mol. The van der Waals surface area contributed by atoms with E-state index in [1.54, 1.807) is 0 Å². The van der Waals surface area contributed by atoms with E-state index in [0.717, 1.165) is 24.3 Å². The average molecular weight is 302 g/mol. The van der Waals surface area contributed by atoms with Gasteiger partial charge in [-0.1, -0.05) is 18.2 Å². The molecule has 6 heteroatoms. The summed E-state index contributed by atoms with van der Waals surface area (Å²) in [5, 5.41) is 6.05. The molecule has 0 bridgehead atoms. The molecule has 118 valence electrons. The third-order valence-corrected chi connectivity index (χ3v) is 3.96. The van der Waals surface area contributed by atoms with Crippen molar-refractivity contribution in [3.05, 3.63) is 29.8 Å². The van der Waals surface area contributed by atoms with Crippen molar-refractivity contribution >= 4 is 11.9 Å². The predicted octanol–water partition coefficient (Wildman–Crippen LogP) is 0.941. The Balaban J connectivity index is 1.51. The van der Waals surface area contributed by atoms with Crippen LogP contribution in [0.5, 0.6) is 5.75 Å². The van der Waals surface area contributed by atoms with Gasteiger partial charge in [-0.15, -0.1) is 0 Å². The zero-order valence-corrected chi connectivity index (χ0v) is 12.5. The maximum absolute atomic E-state index is 11.6. The van der Waals surface area contributed by atoms with Gasteiger partial charge >= 0.3 is 0 Å². The van der Waals surface area contributed by atoms with Gasteiger partial charge in [-0.05, 0) is 24.8 Å². The zero-order chi connectivity index (χ0) is 15.4. The van der Waals surface area contributed by atoms with Crippen molar-refractivity contribution in [2.24, 2.45) is 16.6 Å². The Bertz CT molecular complexity index is 569. The molecule has 0 radical (unpaired) electrons. The van der Waals surface area contributed by atoms with E-state index in [9.17, 15) is 4.79 Å². The van der Waals surface area contributed by atoms with Crippen LogP contribution in [0, 0.1) is 5.92 Å². The molecule has 1 fully saturated rings. The Labute approximate surface area is 130 Å². The summed E-state index contributed by atoms with van der Waals surface area (Å²) in [5.41, 5.74) is 6.97. The van der Waals surface area contributed by atoms with Crippen molar-refractivity contribution in [3.8, 4) is 5.75 Å². The average Bonchev–Trinajstić information content (AvgIpc) is 3.36. The topological polar surface area (TPSA) is 88.7 Å². The zero-order valence-electron chi connectivity index (χ0n) is 12.5. The number of carbonyl (C=O) groups excluding carboxylic acids is 1. The summed E-state index contributed by atoms with van der Waals surface area (Å²) >= 11 is 0. The van der Waals surface area contributed by atoms with Gasteiger partial charge in [0, 0.05) is 18.5 Å². The van der Waals surface area contributed by atoms with Gasteiger partial charge in [0.1, 0.15) is 12.3 Å². The van der Waals surface area contributed by atoms with E-state index in [0.29, 0.717) is 18.5 Å². The van der Waals surface area contributed by atoms with E-state index in [1.165, 1.54) is 12.8 Å². The number of carbonyl (C=O) groups is 1. The normalized spacial score (nSPS) is 20.7. The molecular formula is C16H22N4O2. The quantitative estimate of drug-likeness (QED) is 0.558. The number of benzene rings is 1. The third-order valence-electron chi connectivity index (χ3n) is 3.96. The van der Waals surface area contributed by atoms with Crippen LogP contribution in [0.25, 0.3) is 0 Å². The second-order valence-electron chi connectivity index (χ2n) is 5.82. The molecule has 1 aliphatic carbocycles. The number of amides is 1. The highest BCUT2D eigenvalue weighted by Gasteiger charge is 2.22. The minimum Gasteiger partial charge on any atom is -0.493 e. The number of hydrogen-bond acceptors (Lipinski definition) is 3. The van der Waals surface area contributed by atoms with Gasteiger partial charge in [-0.3, -0.25) is 4.79 Å². The fraction of sp³-hybridized carbons (Fsp3) is 0.500. The summed E-state index contributed by atoms with van der Waals surface area (Å²) in [7, 11) is 0. The number of nitrogens with two attached hydrogens (primary N) is 1. The summed E-state index contributed by atoms with van der Waals surface area (Å²) in [6.07, 6.45) is 3.26. The number of nitrogens with one attached hydrogen (secondary N) is 2. The van der Waals surface area contributed by atoms with Crippen LogP contribution in [-0.4, -0.2) is 31.6 Å². The number of para-hydroxylation sites is 1. The van der Waals surface area contributed by atoms with Gasteiger partial charge in [-0.2, -0.15) is 0 Å². The Kier molecular flexibility index (Phi) is 4.46. The molecule has 1 aromatic carbocycles. The molecule has 0 aromatic heterocycles. The van der Waals surface area contributed by atoms with Crippen LogP contribution in [0.15, 0.2) is 29.3 Å². The maximum atomic E-state index is 11.6. The molecule has 1 aliphatic heterocycles.